The molecule has 2 aromatic rings. The zero-order valence-corrected chi connectivity index (χ0v) is 13.5. The molecule has 0 radical (unpaired) electrons. The predicted molar refractivity (Wildman–Crippen MR) is 90.0 cm³/mol. The average Bonchev–Trinajstić information content (AvgIpc) is 2.44. The summed E-state index contributed by atoms with van der Waals surface area (Å²) in [4.78, 5) is 12.5. The average molecular weight is 298 g/mol. The minimum absolute atomic E-state index is 0.444. The number of hydrogen-bond acceptors (Lipinski definition) is 3. The monoisotopic (exact) mass is 298 g/mol. The van der Waals surface area contributed by atoms with Gasteiger partial charge < -0.3 is 4.74 Å². The summed E-state index contributed by atoms with van der Waals surface area (Å²) in [5, 5.41) is 1.42. The fourth-order valence-electron chi connectivity index (χ4n) is 1.94. The Kier molecular flexibility index (Phi) is 4.71. The Morgan fingerprint density at radius 2 is 1.73 bits per heavy atom. The van der Waals surface area contributed by atoms with E-state index in [-0.39, 0.29) is 0 Å². The molecule has 22 heavy (non-hydrogen) atoms. The Morgan fingerprint density at radius 3 is 2.32 bits per heavy atom. The maximum atomic E-state index is 12.5. The lowest BCUT2D eigenvalue weighted by Gasteiger charge is -2.28. The van der Waals surface area contributed by atoms with Gasteiger partial charge in [-0.2, -0.15) is 5.01 Å². The van der Waals surface area contributed by atoms with Crippen LogP contribution in [0.25, 0.3) is 0 Å². The summed E-state index contributed by atoms with van der Waals surface area (Å²) in [6, 6.07) is 17.2. The fraction of sp³-hybridized carbons (Fsp3) is 0.278. The van der Waals surface area contributed by atoms with Gasteiger partial charge in [0.25, 0.3) is 0 Å². The quantitative estimate of drug-likeness (QED) is 0.830. The Morgan fingerprint density at radius 1 is 1.05 bits per heavy atom. The molecule has 1 amide bonds. The minimum atomic E-state index is -0.557. The van der Waals surface area contributed by atoms with E-state index in [1.165, 1.54) is 5.01 Å². The van der Waals surface area contributed by atoms with Crippen LogP contribution in [0.1, 0.15) is 26.3 Å². The molecule has 0 bridgehead atoms. The van der Waals surface area contributed by atoms with Crippen LogP contribution in [0.4, 0.5) is 16.2 Å². The first-order valence-electron chi connectivity index (χ1n) is 7.27. The Labute approximate surface area is 131 Å². The lowest BCUT2D eigenvalue weighted by Crippen LogP contribution is -2.40. The summed E-state index contributed by atoms with van der Waals surface area (Å²) in [5.41, 5.74) is 5.22. The second kappa shape index (κ2) is 6.52. The van der Waals surface area contributed by atoms with Crippen molar-refractivity contribution in [1.82, 2.24) is 0 Å². The molecule has 1 N–H and O–H groups in total. The third-order valence-electron chi connectivity index (χ3n) is 2.85. The van der Waals surface area contributed by atoms with Crippen molar-refractivity contribution in [3.8, 4) is 0 Å². The van der Waals surface area contributed by atoms with Gasteiger partial charge in [0.2, 0.25) is 0 Å². The number of aryl methyl sites for hydroxylation is 1. The first-order chi connectivity index (χ1) is 10.3. The van der Waals surface area contributed by atoms with Gasteiger partial charge >= 0.3 is 6.09 Å². The smallest absolute Gasteiger partial charge is 0.433 e. The highest BCUT2D eigenvalue weighted by Crippen LogP contribution is 2.20. The Bertz CT molecular complexity index is 633. The van der Waals surface area contributed by atoms with Crippen molar-refractivity contribution in [1.29, 1.82) is 0 Å². The third-order valence-corrected chi connectivity index (χ3v) is 2.85. The molecule has 0 atom stereocenters. The number of carbonyl (C=O) groups excluding carboxylic acids is 1. The van der Waals surface area contributed by atoms with Crippen LogP contribution in [0.5, 0.6) is 0 Å². The lowest BCUT2D eigenvalue weighted by atomic mass is 10.2. The molecule has 2 rings (SSSR count). The molecule has 0 saturated heterocycles. The molecule has 0 aliphatic rings. The van der Waals surface area contributed by atoms with E-state index in [0.29, 0.717) is 0 Å². The Balaban J connectivity index is 2.28. The zero-order chi connectivity index (χ0) is 16.2. The number of hydrogen-bond donors (Lipinski definition) is 1. The maximum Gasteiger partial charge on any atom is 0.433 e. The van der Waals surface area contributed by atoms with Gasteiger partial charge in [-0.25, -0.2) is 4.79 Å². The van der Waals surface area contributed by atoms with Crippen molar-refractivity contribution in [3.05, 3.63) is 60.2 Å². The summed E-state index contributed by atoms with van der Waals surface area (Å²) < 4.78 is 5.48. The predicted octanol–water partition coefficient (Wildman–Crippen LogP) is 4.76. The molecule has 0 saturated carbocycles. The van der Waals surface area contributed by atoms with E-state index in [0.717, 1.165) is 16.9 Å². The van der Waals surface area contributed by atoms with E-state index in [4.69, 9.17) is 4.74 Å². The molecule has 0 unspecified atom stereocenters. The van der Waals surface area contributed by atoms with Crippen molar-refractivity contribution in [2.45, 2.75) is 33.3 Å². The first kappa shape index (κ1) is 15.9. The molecule has 4 heteroatoms. The summed E-state index contributed by atoms with van der Waals surface area (Å²) in [7, 11) is 0. The van der Waals surface area contributed by atoms with E-state index in [2.05, 4.69) is 5.43 Å². The van der Waals surface area contributed by atoms with Gasteiger partial charge in [-0.1, -0.05) is 30.3 Å². The number of rotatable bonds is 3. The molecular formula is C18H22N2O2. The van der Waals surface area contributed by atoms with Crippen LogP contribution in [0.2, 0.25) is 0 Å². The second-order valence-corrected chi connectivity index (χ2v) is 6.13. The molecule has 116 valence electrons. The molecule has 0 fully saturated rings. The SMILES string of the molecule is Cc1cccc(NN(C(=O)OC(C)(C)C)c2ccccc2)c1. The van der Waals surface area contributed by atoms with Gasteiger partial charge in [-0.15, -0.1) is 0 Å². The Hall–Kier alpha value is -2.49. The standard InChI is InChI=1S/C18H22N2O2/c1-14-9-8-10-15(13-14)19-20(16-11-6-5-7-12-16)17(21)22-18(2,3)4/h5-13,19H,1-4H3. The number of nitrogens with one attached hydrogen (secondary N) is 1. The lowest BCUT2D eigenvalue weighted by molar-refractivity contribution is 0.0589. The van der Waals surface area contributed by atoms with Gasteiger partial charge in [-0.3, -0.25) is 5.43 Å². The van der Waals surface area contributed by atoms with Crippen LogP contribution in [0, 0.1) is 6.92 Å². The van der Waals surface area contributed by atoms with E-state index >= 15 is 0 Å². The molecule has 4 nitrogen and oxygen atoms in total. The summed E-state index contributed by atoms with van der Waals surface area (Å²) in [5.74, 6) is 0. The number of amides is 1. The molecule has 0 aromatic heterocycles. The van der Waals surface area contributed by atoms with Crippen molar-refractivity contribution in [3.63, 3.8) is 0 Å². The highest BCUT2D eigenvalue weighted by Gasteiger charge is 2.23. The van der Waals surface area contributed by atoms with Crippen LogP contribution in [-0.4, -0.2) is 11.7 Å². The van der Waals surface area contributed by atoms with Crippen molar-refractivity contribution < 1.29 is 9.53 Å². The molecule has 0 heterocycles. The summed E-state index contributed by atoms with van der Waals surface area (Å²) in [6.07, 6.45) is -0.444. The van der Waals surface area contributed by atoms with Crippen LogP contribution in [0.15, 0.2) is 54.6 Å². The number of benzene rings is 2. The summed E-state index contributed by atoms with van der Waals surface area (Å²) in [6.45, 7) is 7.55. The number of nitrogens with zero attached hydrogens (tertiary/aromatic N) is 1. The fourth-order valence-corrected chi connectivity index (χ4v) is 1.94. The maximum absolute atomic E-state index is 12.5. The number of hydrazine groups is 1. The highest BCUT2D eigenvalue weighted by atomic mass is 16.6. The van der Waals surface area contributed by atoms with Crippen LogP contribution in [-0.2, 0) is 4.74 Å². The highest BCUT2D eigenvalue weighted by molar-refractivity contribution is 5.90. The second-order valence-electron chi connectivity index (χ2n) is 6.13. The van der Waals surface area contributed by atoms with Gasteiger partial charge in [0.05, 0.1) is 11.4 Å². The largest absolute Gasteiger partial charge is 0.442 e. The van der Waals surface area contributed by atoms with Gasteiger partial charge in [0.15, 0.2) is 0 Å². The van der Waals surface area contributed by atoms with Crippen LogP contribution in [0.3, 0.4) is 0 Å². The first-order valence-corrected chi connectivity index (χ1v) is 7.27. The van der Waals surface area contributed by atoms with Crippen LogP contribution < -0.4 is 10.4 Å². The van der Waals surface area contributed by atoms with Crippen molar-refractivity contribution in [2.75, 3.05) is 10.4 Å². The molecular weight excluding hydrogens is 276 g/mol. The normalized spacial score (nSPS) is 10.9. The topological polar surface area (TPSA) is 41.6 Å². The van der Waals surface area contributed by atoms with E-state index in [1.54, 1.807) is 0 Å². The number of para-hydroxylation sites is 1. The van der Waals surface area contributed by atoms with Crippen LogP contribution >= 0.6 is 0 Å². The van der Waals surface area contributed by atoms with Crippen molar-refractivity contribution in [2.24, 2.45) is 0 Å². The van der Waals surface area contributed by atoms with Crippen molar-refractivity contribution >= 4 is 17.5 Å². The number of carbonyl (C=O) groups is 1. The van der Waals surface area contributed by atoms with E-state index in [1.807, 2.05) is 82.3 Å². The van der Waals surface area contributed by atoms with E-state index < -0.39 is 11.7 Å². The van der Waals surface area contributed by atoms with E-state index in [9.17, 15) is 4.79 Å². The molecule has 0 aliphatic carbocycles. The van der Waals surface area contributed by atoms with Gasteiger partial charge in [-0.05, 0) is 57.5 Å². The molecule has 0 aliphatic heterocycles. The summed E-state index contributed by atoms with van der Waals surface area (Å²) >= 11 is 0. The van der Waals surface area contributed by atoms with Gasteiger partial charge in [0, 0.05) is 0 Å². The zero-order valence-electron chi connectivity index (χ0n) is 13.5. The third kappa shape index (κ3) is 4.52. The number of ether oxygens (including phenoxy) is 1. The molecule has 2 aromatic carbocycles. The molecule has 0 spiro atoms. The minimum Gasteiger partial charge on any atom is -0.442 e. The van der Waals surface area contributed by atoms with Gasteiger partial charge in [0.1, 0.15) is 5.60 Å². The number of anilines is 2.